The van der Waals surface area contributed by atoms with Gasteiger partial charge in [0.05, 0.1) is 6.10 Å². The summed E-state index contributed by atoms with van der Waals surface area (Å²) in [5.41, 5.74) is 0.633. The van der Waals surface area contributed by atoms with Crippen LogP contribution in [-0.2, 0) is 0 Å². The summed E-state index contributed by atoms with van der Waals surface area (Å²) in [6, 6.07) is 0. The Morgan fingerprint density at radius 3 is 2.67 bits per heavy atom. The summed E-state index contributed by atoms with van der Waals surface area (Å²) < 4.78 is 0. The van der Waals surface area contributed by atoms with Crippen molar-refractivity contribution in [2.75, 3.05) is 0 Å². The predicted octanol–water partition coefficient (Wildman–Crippen LogP) is 1.52. The lowest BCUT2D eigenvalue weighted by Gasteiger charge is -2.19. The molecule has 0 aromatic rings. The van der Waals surface area contributed by atoms with Crippen LogP contribution in [0.2, 0.25) is 6.82 Å². The zero-order valence-corrected chi connectivity index (χ0v) is 8.10. The van der Waals surface area contributed by atoms with Gasteiger partial charge in [-0.25, -0.2) is 0 Å². The Morgan fingerprint density at radius 2 is 2.17 bits per heavy atom. The van der Waals surface area contributed by atoms with Crippen molar-refractivity contribution in [1.29, 1.82) is 0 Å². The number of aliphatic hydroxyl groups excluding tert-OH is 1. The first-order valence-electron chi connectivity index (χ1n) is 3.64. The maximum atomic E-state index is 9.31. The van der Waals surface area contributed by atoms with E-state index in [-0.39, 0.29) is 0 Å². The van der Waals surface area contributed by atoms with E-state index in [9.17, 15) is 10.1 Å². The van der Waals surface area contributed by atoms with E-state index in [1.807, 2.05) is 0 Å². The second kappa shape index (κ2) is 3.84. The standard InChI is InChI=1S/C7H9BCl2O2/c1-8(12)4-2-7(11)6(10)3-5(4)9/h3,7,11-12H,2H2,1H3. The smallest absolute Gasteiger partial charge is 0.317 e. The van der Waals surface area contributed by atoms with Gasteiger partial charge in [-0.05, 0) is 12.5 Å². The summed E-state index contributed by atoms with van der Waals surface area (Å²) in [4.78, 5) is 0. The molecular formula is C7H9BCl2O2. The molecule has 1 atom stereocenters. The van der Waals surface area contributed by atoms with Gasteiger partial charge in [0, 0.05) is 10.1 Å². The van der Waals surface area contributed by atoms with Crippen LogP contribution in [0.25, 0.3) is 0 Å². The van der Waals surface area contributed by atoms with E-state index in [1.165, 1.54) is 6.08 Å². The van der Waals surface area contributed by atoms with Crippen LogP contribution in [0.3, 0.4) is 0 Å². The summed E-state index contributed by atoms with van der Waals surface area (Å²) in [5.74, 6) is 0. The molecule has 12 heavy (non-hydrogen) atoms. The van der Waals surface area contributed by atoms with E-state index in [2.05, 4.69) is 0 Å². The first-order valence-corrected chi connectivity index (χ1v) is 4.39. The lowest BCUT2D eigenvalue weighted by Crippen LogP contribution is -2.21. The highest BCUT2D eigenvalue weighted by atomic mass is 35.5. The normalized spacial score (nSPS) is 24.1. The first kappa shape index (κ1) is 10.1. The topological polar surface area (TPSA) is 40.5 Å². The lowest BCUT2D eigenvalue weighted by atomic mass is 9.60. The Hall–Kier alpha value is 0.0449. The largest absolute Gasteiger partial charge is 0.447 e. The number of halogens is 2. The monoisotopic (exact) mass is 206 g/mol. The molecule has 0 spiro atoms. The molecule has 0 saturated carbocycles. The number of aliphatic hydroxyl groups is 1. The zero-order chi connectivity index (χ0) is 9.30. The van der Waals surface area contributed by atoms with Crippen molar-refractivity contribution < 1.29 is 10.1 Å². The van der Waals surface area contributed by atoms with E-state index in [1.54, 1.807) is 6.82 Å². The van der Waals surface area contributed by atoms with Crippen LogP contribution in [0.5, 0.6) is 0 Å². The molecular weight excluding hydrogens is 198 g/mol. The molecule has 66 valence electrons. The minimum absolute atomic E-state index is 0.311. The maximum Gasteiger partial charge on any atom is 0.317 e. The van der Waals surface area contributed by atoms with Crippen LogP contribution in [0.1, 0.15) is 6.42 Å². The van der Waals surface area contributed by atoms with E-state index in [0.717, 1.165) is 0 Å². The fourth-order valence-corrected chi connectivity index (χ4v) is 1.68. The molecule has 5 heteroatoms. The van der Waals surface area contributed by atoms with Gasteiger partial charge in [-0.1, -0.05) is 35.5 Å². The average molecular weight is 207 g/mol. The van der Waals surface area contributed by atoms with Crippen molar-refractivity contribution in [2.24, 2.45) is 0 Å². The number of rotatable bonds is 1. The molecule has 0 radical (unpaired) electrons. The Kier molecular flexibility index (Phi) is 3.24. The maximum absolute atomic E-state index is 9.31. The quantitative estimate of drug-likeness (QED) is 0.639. The molecule has 2 nitrogen and oxygen atoms in total. The third-order valence-corrected chi connectivity index (χ3v) is 2.52. The van der Waals surface area contributed by atoms with Gasteiger partial charge in [0.25, 0.3) is 0 Å². The van der Waals surface area contributed by atoms with Gasteiger partial charge in [-0.3, -0.25) is 0 Å². The van der Waals surface area contributed by atoms with Crippen LogP contribution < -0.4 is 0 Å². The zero-order valence-electron chi connectivity index (χ0n) is 6.59. The molecule has 0 aliphatic heterocycles. The van der Waals surface area contributed by atoms with E-state index in [4.69, 9.17) is 23.2 Å². The van der Waals surface area contributed by atoms with Gasteiger partial charge < -0.3 is 10.1 Å². The summed E-state index contributed by atoms with van der Waals surface area (Å²) in [7, 11) is 0. The molecule has 0 fully saturated rings. The molecule has 2 N–H and O–H groups in total. The van der Waals surface area contributed by atoms with Crippen molar-refractivity contribution in [3.05, 3.63) is 21.6 Å². The van der Waals surface area contributed by atoms with Gasteiger partial charge in [-0.2, -0.15) is 0 Å². The average Bonchev–Trinajstić information content (AvgIpc) is 1.96. The molecule has 0 bridgehead atoms. The molecule has 1 unspecified atom stereocenters. The van der Waals surface area contributed by atoms with E-state index < -0.39 is 13.0 Å². The highest BCUT2D eigenvalue weighted by Gasteiger charge is 2.23. The molecule has 0 saturated heterocycles. The number of hydrogen-bond donors (Lipinski definition) is 2. The molecule has 0 heterocycles. The minimum atomic E-state index is -0.723. The molecule has 0 aromatic carbocycles. The van der Waals surface area contributed by atoms with Crippen molar-refractivity contribution in [2.45, 2.75) is 19.3 Å². The third kappa shape index (κ3) is 2.05. The first-order chi connectivity index (χ1) is 5.52. The Bertz CT molecular complexity index is 248. The van der Waals surface area contributed by atoms with Crippen LogP contribution in [-0.4, -0.2) is 23.2 Å². The molecule has 1 rings (SSSR count). The Balaban J connectivity index is 2.93. The van der Waals surface area contributed by atoms with E-state index >= 15 is 0 Å². The minimum Gasteiger partial charge on any atom is -0.447 e. The second-order valence-corrected chi connectivity index (χ2v) is 3.64. The summed E-state index contributed by atoms with van der Waals surface area (Å²) >= 11 is 11.4. The molecule has 1 aliphatic carbocycles. The van der Waals surface area contributed by atoms with Crippen molar-refractivity contribution in [3.63, 3.8) is 0 Å². The van der Waals surface area contributed by atoms with Gasteiger partial charge in [0.1, 0.15) is 0 Å². The van der Waals surface area contributed by atoms with Gasteiger partial charge in [-0.15, -0.1) is 0 Å². The SMILES string of the molecule is CB(O)C1=C(Cl)C=C(Cl)C(O)C1. The molecule has 0 amide bonds. The fourth-order valence-electron chi connectivity index (χ4n) is 1.08. The summed E-state index contributed by atoms with van der Waals surface area (Å²) in [6.07, 6.45) is 1.06. The van der Waals surface area contributed by atoms with Crippen LogP contribution in [0.15, 0.2) is 21.6 Å². The van der Waals surface area contributed by atoms with Crippen LogP contribution >= 0.6 is 23.2 Å². The summed E-state index contributed by atoms with van der Waals surface area (Å²) in [6.45, 7) is 0.977. The van der Waals surface area contributed by atoms with Crippen molar-refractivity contribution >= 4 is 30.1 Å². The second-order valence-electron chi connectivity index (χ2n) is 2.80. The summed E-state index contributed by atoms with van der Waals surface area (Å²) in [5, 5.41) is 19.3. The van der Waals surface area contributed by atoms with Crippen molar-refractivity contribution in [3.8, 4) is 0 Å². The van der Waals surface area contributed by atoms with Gasteiger partial charge in [0.2, 0.25) is 0 Å². The molecule has 0 aromatic heterocycles. The highest BCUT2D eigenvalue weighted by molar-refractivity contribution is 6.60. The predicted molar refractivity (Wildman–Crippen MR) is 51.3 cm³/mol. The molecule has 1 aliphatic rings. The van der Waals surface area contributed by atoms with Gasteiger partial charge in [0.15, 0.2) is 0 Å². The lowest BCUT2D eigenvalue weighted by molar-refractivity contribution is 0.218. The Labute approximate surface area is 81.6 Å². The third-order valence-electron chi connectivity index (χ3n) is 1.81. The highest BCUT2D eigenvalue weighted by Crippen LogP contribution is 2.29. The van der Waals surface area contributed by atoms with Crippen molar-refractivity contribution in [1.82, 2.24) is 0 Å². The van der Waals surface area contributed by atoms with Crippen LogP contribution in [0.4, 0.5) is 0 Å². The number of allylic oxidation sites excluding steroid dienone is 2. The van der Waals surface area contributed by atoms with Gasteiger partial charge >= 0.3 is 6.92 Å². The Morgan fingerprint density at radius 1 is 1.58 bits per heavy atom. The van der Waals surface area contributed by atoms with Crippen LogP contribution in [0, 0.1) is 0 Å². The van der Waals surface area contributed by atoms with E-state index in [0.29, 0.717) is 22.0 Å². The fraction of sp³-hybridized carbons (Fsp3) is 0.429. The number of hydrogen-bond acceptors (Lipinski definition) is 2.